The zero-order valence-electron chi connectivity index (χ0n) is 8.16. The van der Waals surface area contributed by atoms with E-state index >= 15 is 0 Å². The minimum Gasteiger partial charge on any atom is -0.481 e. The fourth-order valence-electron chi connectivity index (χ4n) is 1.63. The SMILES string of the molecule is CCC1(O)CN(C(C)CC(=O)O)C1. The first-order valence-corrected chi connectivity index (χ1v) is 4.65. The second-order valence-corrected chi connectivity index (χ2v) is 3.93. The lowest BCUT2D eigenvalue weighted by Crippen LogP contribution is -2.63. The lowest BCUT2D eigenvalue weighted by atomic mass is 9.89. The van der Waals surface area contributed by atoms with Crippen molar-refractivity contribution in [3.63, 3.8) is 0 Å². The van der Waals surface area contributed by atoms with Crippen LogP contribution in [0.2, 0.25) is 0 Å². The Hall–Kier alpha value is -0.610. The number of carboxylic acids is 1. The molecule has 0 radical (unpaired) electrons. The molecule has 1 atom stereocenters. The first kappa shape index (κ1) is 10.5. The Kier molecular flexibility index (Phi) is 2.93. The smallest absolute Gasteiger partial charge is 0.304 e. The van der Waals surface area contributed by atoms with Crippen molar-refractivity contribution in [2.45, 2.75) is 38.3 Å². The molecular weight excluding hydrogens is 170 g/mol. The van der Waals surface area contributed by atoms with E-state index in [4.69, 9.17) is 5.11 Å². The van der Waals surface area contributed by atoms with Crippen molar-refractivity contribution in [3.05, 3.63) is 0 Å². The summed E-state index contributed by atoms with van der Waals surface area (Å²) in [6, 6.07) is 0.0318. The molecule has 0 amide bonds. The number of carboxylic acid groups (broad SMARTS) is 1. The zero-order chi connectivity index (χ0) is 10.1. The largest absolute Gasteiger partial charge is 0.481 e. The Labute approximate surface area is 78.2 Å². The third-order valence-corrected chi connectivity index (χ3v) is 2.75. The third-order valence-electron chi connectivity index (χ3n) is 2.75. The molecule has 1 unspecified atom stereocenters. The Bertz CT molecular complexity index is 199. The number of carbonyl (C=O) groups is 1. The molecule has 1 heterocycles. The maximum absolute atomic E-state index is 10.4. The summed E-state index contributed by atoms with van der Waals surface area (Å²) in [5, 5.41) is 18.2. The maximum Gasteiger partial charge on any atom is 0.304 e. The number of hydrogen-bond acceptors (Lipinski definition) is 3. The van der Waals surface area contributed by atoms with Crippen LogP contribution in [-0.2, 0) is 4.79 Å². The van der Waals surface area contributed by atoms with Gasteiger partial charge >= 0.3 is 5.97 Å². The fraction of sp³-hybridized carbons (Fsp3) is 0.889. The van der Waals surface area contributed by atoms with Gasteiger partial charge in [0.15, 0.2) is 0 Å². The quantitative estimate of drug-likeness (QED) is 0.665. The molecule has 0 spiro atoms. The molecule has 1 saturated heterocycles. The van der Waals surface area contributed by atoms with Gasteiger partial charge in [-0.15, -0.1) is 0 Å². The second kappa shape index (κ2) is 3.64. The summed E-state index contributed by atoms with van der Waals surface area (Å²) in [5.74, 6) is -0.778. The summed E-state index contributed by atoms with van der Waals surface area (Å²) in [4.78, 5) is 12.4. The van der Waals surface area contributed by atoms with E-state index in [9.17, 15) is 9.90 Å². The molecule has 0 aromatic heterocycles. The number of hydrogen-bond donors (Lipinski definition) is 2. The summed E-state index contributed by atoms with van der Waals surface area (Å²) in [6.45, 7) is 5.04. The number of aliphatic hydroxyl groups is 1. The van der Waals surface area contributed by atoms with Crippen molar-refractivity contribution in [3.8, 4) is 0 Å². The van der Waals surface area contributed by atoms with E-state index < -0.39 is 11.6 Å². The summed E-state index contributed by atoms with van der Waals surface area (Å²) >= 11 is 0. The minimum atomic E-state index is -0.778. The molecule has 13 heavy (non-hydrogen) atoms. The molecule has 1 aliphatic heterocycles. The normalized spacial score (nSPS) is 23.6. The van der Waals surface area contributed by atoms with Gasteiger partial charge in [-0.25, -0.2) is 0 Å². The van der Waals surface area contributed by atoms with Gasteiger partial charge in [-0.1, -0.05) is 6.92 Å². The van der Waals surface area contributed by atoms with Gasteiger partial charge in [0.05, 0.1) is 12.0 Å². The Morgan fingerprint density at radius 1 is 1.62 bits per heavy atom. The van der Waals surface area contributed by atoms with Crippen LogP contribution in [0, 0.1) is 0 Å². The highest BCUT2D eigenvalue weighted by Gasteiger charge is 2.41. The van der Waals surface area contributed by atoms with E-state index in [1.54, 1.807) is 0 Å². The average molecular weight is 187 g/mol. The van der Waals surface area contributed by atoms with Crippen molar-refractivity contribution < 1.29 is 15.0 Å². The van der Waals surface area contributed by atoms with E-state index in [1.165, 1.54) is 0 Å². The molecule has 0 bridgehead atoms. The van der Waals surface area contributed by atoms with Gasteiger partial charge in [0.2, 0.25) is 0 Å². The van der Waals surface area contributed by atoms with Gasteiger partial charge in [0.1, 0.15) is 0 Å². The van der Waals surface area contributed by atoms with Crippen LogP contribution in [0.15, 0.2) is 0 Å². The van der Waals surface area contributed by atoms with Gasteiger partial charge in [-0.2, -0.15) is 0 Å². The van der Waals surface area contributed by atoms with Gasteiger partial charge in [-0.05, 0) is 13.3 Å². The third kappa shape index (κ3) is 2.42. The van der Waals surface area contributed by atoms with E-state index in [0.29, 0.717) is 13.1 Å². The van der Waals surface area contributed by atoms with Crippen LogP contribution in [0.1, 0.15) is 26.7 Å². The lowest BCUT2D eigenvalue weighted by Gasteiger charge is -2.48. The molecule has 2 N–H and O–H groups in total. The molecule has 0 aliphatic carbocycles. The Balaban J connectivity index is 2.30. The number of likely N-dealkylation sites (tertiary alicyclic amines) is 1. The van der Waals surface area contributed by atoms with Crippen LogP contribution in [-0.4, -0.2) is 45.8 Å². The number of β-amino-alcohol motifs (C(OH)–C–C–N with tert-alkyl or cyclic N) is 1. The molecule has 0 aromatic carbocycles. The average Bonchev–Trinajstić information content (AvgIpc) is 1.97. The molecule has 4 nitrogen and oxygen atoms in total. The van der Waals surface area contributed by atoms with Crippen LogP contribution >= 0.6 is 0 Å². The highest BCUT2D eigenvalue weighted by molar-refractivity contribution is 5.67. The monoisotopic (exact) mass is 187 g/mol. The lowest BCUT2D eigenvalue weighted by molar-refractivity contribution is -0.144. The van der Waals surface area contributed by atoms with Crippen LogP contribution in [0.5, 0.6) is 0 Å². The zero-order valence-corrected chi connectivity index (χ0v) is 8.16. The van der Waals surface area contributed by atoms with E-state index in [2.05, 4.69) is 0 Å². The van der Waals surface area contributed by atoms with E-state index in [0.717, 1.165) is 6.42 Å². The van der Waals surface area contributed by atoms with Crippen molar-refractivity contribution >= 4 is 5.97 Å². The minimum absolute atomic E-state index is 0.0318. The highest BCUT2D eigenvalue weighted by atomic mass is 16.4. The topological polar surface area (TPSA) is 60.8 Å². The van der Waals surface area contributed by atoms with Gasteiger partial charge in [-0.3, -0.25) is 9.69 Å². The molecule has 1 fully saturated rings. The summed E-state index contributed by atoms with van der Waals surface area (Å²) in [6.07, 6.45) is 0.892. The van der Waals surface area contributed by atoms with Crippen molar-refractivity contribution in [2.24, 2.45) is 0 Å². The standard InChI is InChI=1S/C9H17NO3/c1-3-9(13)5-10(6-9)7(2)4-8(11)12/h7,13H,3-6H2,1-2H3,(H,11,12). The van der Waals surface area contributed by atoms with E-state index in [-0.39, 0.29) is 12.5 Å². The summed E-state index contributed by atoms with van der Waals surface area (Å²) in [7, 11) is 0. The van der Waals surface area contributed by atoms with Gasteiger partial charge in [0.25, 0.3) is 0 Å². The molecule has 1 aliphatic rings. The Morgan fingerprint density at radius 2 is 2.15 bits per heavy atom. The molecule has 1 rings (SSSR count). The fourth-order valence-corrected chi connectivity index (χ4v) is 1.63. The van der Waals surface area contributed by atoms with Crippen LogP contribution < -0.4 is 0 Å². The first-order valence-electron chi connectivity index (χ1n) is 4.65. The highest BCUT2D eigenvalue weighted by Crippen LogP contribution is 2.26. The molecule has 0 aromatic rings. The second-order valence-electron chi connectivity index (χ2n) is 3.93. The summed E-state index contributed by atoms with van der Waals surface area (Å²) in [5.41, 5.74) is -0.563. The van der Waals surface area contributed by atoms with Gasteiger partial charge < -0.3 is 10.2 Å². The van der Waals surface area contributed by atoms with Crippen LogP contribution in [0.4, 0.5) is 0 Å². The molecular formula is C9H17NO3. The number of rotatable bonds is 4. The van der Waals surface area contributed by atoms with Crippen LogP contribution in [0.25, 0.3) is 0 Å². The van der Waals surface area contributed by atoms with Crippen molar-refractivity contribution in [2.75, 3.05) is 13.1 Å². The predicted molar refractivity (Wildman–Crippen MR) is 48.5 cm³/mol. The number of nitrogens with zero attached hydrogens (tertiary/aromatic N) is 1. The molecule has 4 heteroatoms. The number of aliphatic carboxylic acids is 1. The van der Waals surface area contributed by atoms with Crippen molar-refractivity contribution in [1.82, 2.24) is 4.90 Å². The maximum atomic E-state index is 10.4. The van der Waals surface area contributed by atoms with Crippen LogP contribution in [0.3, 0.4) is 0 Å². The predicted octanol–water partition coefficient (Wildman–Crippen LogP) is 0.306. The summed E-state index contributed by atoms with van der Waals surface area (Å²) < 4.78 is 0. The molecule has 0 saturated carbocycles. The van der Waals surface area contributed by atoms with Crippen molar-refractivity contribution in [1.29, 1.82) is 0 Å². The van der Waals surface area contributed by atoms with E-state index in [1.807, 2.05) is 18.7 Å². The molecule has 76 valence electrons. The Morgan fingerprint density at radius 3 is 2.54 bits per heavy atom. The van der Waals surface area contributed by atoms with Gasteiger partial charge in [0, 0.05) is 19.1 Å². The first-order chi connectivity index (χ1) is 5.97.